The van der Waals surface area contributed by atoms with Crippen molar-refractivity contribution >= 4 is 44.4 Å². The molecule has 1 saturated heterocycles. The van der Waals surface area contributed by atoms with E-state index in [9.17, 15) is 36.9 Å². The summed E-state index contributed by atoms with van der Waals surface area (Å²) in [4.78, 5) is 46.1. The second-order valence-corrected chi connectivity index (χ2v) is 12.6. The molecule has 0 radical (unpaired) electrons. The van der Waals surface area contributed by atoms with Crippen molar-refractivity contribution in [3.63, 3.8) is 0 Å². The van der Waals surface area contributed by atoms with Crippen LogP contribution >= 0.6 is 0 Å². The van der Waals surface area contributed by atoms with Crippen molar-refractivity contribution in [2.24, 2.45) is 5.92 Å². The van der Waals surface area contributed by atoms with Gasteiger partial charge in [0.15, 0.2) is 5.44 Å². The van der Waals surface area contributed by atoms with Gasteiger partial charge in [0.05, 0.1) is 11.5 Å². The summed E-state index contributed by atoms with van der Waals surface area (Å²) in [6, 6.07) is 9.75. The number of rotatable bonds is 7. The van der Waals surface area contributed by atoms with Crippen LogP contribution < -0.4 is 34.9 Å². The summed E-state index contributed by atoms with van der Waals surface area (Å²) in [5.74, 6) is -2.47. The normalized spacial score (nSPS) is 21.3. The van der Waals surface area contributed by atoms with Crippen LogP contribution in [0.5, 0.6) is 0 Å². The standard InChI is InChI=1S/C28H31FN4O7S.Na/c1-15(2)11-22(32(3)24(34)21-12-16-18(29)8-6-10-19(16)30-21)25(35)33-14-28(13-23(33)26(36)41(38,39)40)17-7-4-5-9-20(17)31-27(28)37;/h4-10,12,15,22-23,26,30,36H,11,13-14H2,1-3H3,(H,31,37)(H,38,39,40);/q;+1/p-1/t22-,23-,26?,28-;/m0./s1. The number of aromatic nitrogens is 1. The van der Waals surface area contributed by atoms with Gasteiger partial charge in [-0.3, -0.25) is 14.4 Å². The van der Waals surface area contributed by atoms with Crippen LogP contribution in [0, 0.1) is 11.7 Å². The number of aromatic amines is 1. The Balaban J connectivity index is 0.00000405. The molecule has 2 aliphatic heterocycles. The maximum atomic E-state index is 14.3. The molecule has 0 aliphatic carbocycles. The number of para-hydroxylation sites is 1. The molecule has 42 heavy (non-hydrogen) atoms. The Bertz CT molecular complexity index is 1660. The van der Waals surface area contributed by atoms with Crippen molar-refractivity contribution in [3.8, 4) is 0 Å². The van der Waals surface area contributed by atoms with Gasteiger partial charge in [0, 0.05) is 30.2 Å². The van der Waals surface area contributed by atoms with Gasteiger partial charge in [0.25, 0.3) is 5.91 Å². The maximum Gasteiger partial charge on any atom is 1.00 e. The van der Waals surface area contributed by atoms with Gasteiger partial charge in [-0.05, 0) is 48.6 Å². The summed E-state index contributed by atoms with van der Waals surface area (Å²) in [7, 11) is -3.88. The molecular formula is C28H30FN4NaO7S. The van der Waals surface area contributed by atoms with Gasteiger partial charge >= 0.3 is 29.6 Å². The van der Waals surface area contributed by atoms with Crippen LogP contribution in [0.1, 0.15) is 42.7 Å². The molecule has 0 bridgehead atoms. The van der Waals surface area contributed by atoms with E-state index in [1.807, 2.05) is 13.8 Å². The van der Waals surface area contributed by atoms with Gasteiger partial charge in [0.1, 0.15) is 27.7 Å². The van der Waals surface area contributed by atoms with Crippen LogP contribution in [0.25, 0.3) is 10.9 Å². The van der Waals surface area contributed by atoms with Crippen molar-refractivity contribution in [1.29, 1.82) is 0 Å². The number of anilines is 1. The number of nitrogens with one attached hydrogen (secondary N) is 2. The topological polar surface area (TPSA) is 163 Å². The molecule has 1 unspecified atom stereocenters. The molecule has 11 nitrogen and oxygen atoms in total. The molecule has 4 atom stereocenters. The number of aliphatic hydroxyl groups excluding tert-OH is 1. The predicted octanol–water partition coefficient (Wildman–Crippen LogP) is -0.848. The first-order chi connectivity index (χ1) is 19.2. The third-order valence-electron chi connectivity index (χ3n) is 8.04. The van der Waals surface area contributed by atoms with Crippen molar-refractivity contribution < 1.29 is 66.4 Å². The van der Waals surface area contributed by atoms with Crippen molar-refractivity contribution in [2.45, 2.75) is 49.6 Å². The fourth-order valence-corrected chi connectivity index (χ4v) is 6.62. The summed E-state index contributed by atoms with van der Waals surface area (Å²) in [5.41, 5.74) is -2.46. The fraction of sp³-hybridized carbons (Fsp3) is 0.393. The summed E-state index contributed by atoms with van der Waals surface area (Å²) in [6.45, 7) is 3.36. The van der Waals surface area contributed by atoms with Crippen LogP contribution in [-0.4, -0.2) is 81.7 Å². The Morgan fingerprint density at radius 2 is 1.90 bits per heavy atom. The van der Waals surface area contributed by atoms with Gasteiger partial charge in [-0.1, -0.05) is 38.1 Å². The van der Waals surface area contributed by atoms with Crippen molar-refractivity contribution in [2.75, 3.05) is 18.9 Å². The Kier molecular flexibility index (Phi) is 8.95. The van der Waals surface area contributed by atoms with Crippen LogP contribution in [0.4, 0.5) is 10.1 Å². The van der Waals surface area contributed by atoms with Crippen molar-refractivity contribution in [1.82, 2.24) is 14.8 Å². The number of hydrogen-bond donors (Lipinski definition) is 3. The second-order valence-electron chi connectivity index (χ2n) is 11.1. The number of carbonyl (C=O) groups excluding carboxylic acids is 3. The molecule has 2 aliphatic rings. The second kappa shape index (κ2) is 11.7. The number of halogens is 1. The molecule has 14 heteroatoms. The van der Waals surface area contributed by atoms with E-state index in [1.165, 1.54) is 30.1 Å². The minimum Gasteiger partial charge on any atom is -0.746 e. The quantitative estimate of drug-likeness (QED) is 0.233. The number of likely N-dealkylation sites (N-methyl/N-ethyl adjacent to an activating group) is 1. The number of benzene rings is 2. The molecule has 1 spiro atoms. The predicted molar refractivity (Wildman–Crippen MR) is 146 cm³/mol. The van der Waals surface area contributed by atoms with Gasteiger partial charge in [-0.15, -0.1) is 0 Å². The minimum absolute atomic E-state index is 0. The number of fused-ring (bicyclic) bond motifs is 3. The number of aliphatic hydroxyl groups is 1. The fourth-order valence-electron chi connectivity index (χ4n) is 5.99. The van der Waals surface area contributed by atoms with E-state index in [0.29, 0.717) is 16.8 Å². The molecule has 1 fully saturated rings. The van der Waals surface area contributed by atoms with Crippen molar-refractivity contribution in [3.05, 3.63) is 65.6 Å². The molecule has 3 heterocycles. The minimum atomic E-state index is -5.28. The summed E-state index contributed by atoms with van der Waals surface area (Å²) >= 11 is 0. The first-order valence-corrected chi connectivity index (χ1v) is 14.6. The Morgan fingerprint density at radius 1 is 1.21 bits per heavy atom. The third-order valence-corrected chi connectivity index (χ3v) is 8.95. The van der Waals surface area contributed by atoms with E-state index in [1.54, 1.807) is 30.3 Å². The zero-order valence-electron chi connectivity index (χ0n) is 23.6. The zero-order valence-corrected chi connectivity index (χ0v) is 26.4. The Morgan fingerprint density at radius 3 is 2.55 bits per heavy atom. The van der Waals surface area contributed by atoms with Gasteiger partial charge in [-0.2, -0.15) is 0 Å². The SMILES string of the molecule is CC(C)C[C@@H](C(=O)N1C[C@]2(C[C@H]1C(O)S(=O)(=O)[O-])C(=O)Nc1ccccc12)N(C)C(=O)c1cc2c(F)cccc2[nH]1.[Na+]. The molecule has 5 rings (SSSR count). The van der Waals surface area contributed by atoms with Gasteiger partial charge < -0.3 is 29.8 Å². The Hall–Kier alpha value is -2.81. The van der Waals surface area contributed by atoms with Crippen LogP contribution in [0.3, 0.4) is 0 Å². The van der Waals surface area contributed by atoms with E-state index < -0.39 is 56.6 Å². The first kappa shape index (κ1) is 32.1. The summed E-state index contributed by atoms with van der Waals surface area (Å²) in [5, 5.41) is 13.6. The third kappa shape index (κ3) is 5.49. The van der Waals surface area contributed by atoms with Gasteiger partial charge in [0.2, 0.25) is 11.8 Å². The maximum absolute atomic E-state index is 14.3. The van der Waals surface area contributed by atoms with Crippen LogP contribution in [0.15, 0.2) is 48.5 Å². The van der Waals surface area contributed by atoms with E-state index in [2.05, 4.69) is 10.3 Å². The number of H-pyrrole nitrogens is 1. The van der Waals surface area contributed by atoms with E-state index in [0.717, 1.165) is 4.90 Å². The Labute approximate surface area is 264 Å². The smallest absolute Gasteiger partial charge is 0.746 e. The average Bonchev–Trinajstić information content (AvgIpc) is 3.60. The van der Waals surface area contributed by atoms with Gasteiger partial charge in [-0.25, -0.2) is 12.8 Å². The summed E-state index contributed by atoms with van der Waals surface area (Å²) < 4.78 is 50.2. The molecule has 3 amide bonds. The largest absolute Gasteiger partial charge is 1.00 e. The number of carbonyl (C=O) groups is 3. The van der Waals surface area contributed by atoms with Crippen LogP contribution in [-0.2, 0) is 25.1 Å². The summed E-state index contributed by atoms with van der Waals surface area (Å²) in [6.07, 6.45) is -0.160. The number of amides is 3. The molecule has 3 aromatic rings. The molecule has 3 N–H and O–H groups in total. The molecule has 218 valence electrons. The van der Waals surface area contributed by atoms with E-state index in [4.69, 9.17) is 0 Å². The molecule has 2 aromatic carbocycles. The molecular weight excluding hydrogens is 578 g/mol. The molecule has 0 saturated carbocycles. The van der Waals surface area contributed by atoms with E-state index >= 15 is 0 Å². The first-order valence-electron chi connectivity index (χ1n) is 13.1. The zero-order chi connectivity index (χ0) is 29.9. The van der Waals surface area contributed by atoms with Crippen LogP contribution in [0.2, 0.25) is 0 Å². The number of nitrogens with zero attached hydrogens (tertiary/aromatic N) is 2. The monoisotopic (exact) mass is 608 g/mol. The molecule has 1 aromatic heterocycles. The number of likely N-dealkylation sites (tertiary alicyclic amines) is 1. The number of hydrogen-bond acceptors (Lipinski definition) is 7. The average molecular weight is 609 g/mol. The van der Waals surface area contributed by atoms with E-state index in [-0.39, 0.29) is 65.9 Å².